The second-order valence-corrected chi connectivity index (χ2v) is 5.61. The minimum atomic E-state index is -5.86. The van der Waals surface area contributed by atoms with Gasteiger partial charge in [-0.05, 0) is 18.2 Å². The number of halogens is 4. The molecule has 0 aromatic heterocycles. The third kappa shape index (κ3) is 4.09. The van der Waals surface area contributed by atoms with Crippen molar-refractivity contribution >= 4 is 17.4 Å². The second-order valence-electron chi connectivity index (χ2n) is 4.08. The van der Waals surface area contributed by atoms with Crippen LogP contribution in [0.1, 0.15) is 5.56 Å². The molecule has 1 fully saturated rings. The molecule has 0 saturated carbocycles. The zero-order chi connectivity index (χ0) is 16.4. The molecule has 122 valence electrons. The van der Waals surface area contributed by atoms with Crippen LogP contribution in [0.25, 0.3) is 0 Å². The van der Waals surface area contributed by atoms with Gasteiger partial charge in [-0.3, -0.25) is 0 Å². The van der Waals surface area contributed by atoms with Crippen LogP contribution in [0.2, 0.25) is 0 Å². The van der Waals surface area contributed by atoms with Gasteiger partial charge < -0.3 is 18.1 Å². The maximum Gasteiger partial charge on any atom is 0.639 e. The minimum Gasteiger partial charge on any atom is -0.384 e. The van der Waals surface area contributed by atoms with Gasteiger partial charge in [0.05, 0.1) is 19.8 Å². The van der Waals surface area contributed by atoms with Crippen molar-refractivity contribution in [2.45, 2.75) is 12.1 Å². The van der Waals surface area contributed by atoms with Crippen LogP contribution in [-0.2, 0) is 30.7 Å². The summed E-state index contributed by atoms with van der Waals surface area (Å²) in [6.45, 7) is 0.0599. The van der Waals surface area contributed by atoms with Crippen molar-refractivity contribution in [3.05, 3.63) is 29.6 Å². The highest BCUT2D eigenvalue weighted by atomic mass is 32.2. The Morgan fingerprint density at radius 3 is 2.45 bits per heavy atom. The number of benzene rings is 1. The molecule has 1 aromatic rings. The molecule has 0 N–H and O–H groups in total. The van der Waals surface area contributed by atoms with E-state index in [-0.39, 0.29) is 18.8 Å². The van der Waals surface area contributed by atoms with E-state index in [1.54, 1.807) is 0 Å². The summed E-state index contributed by atoms with van der Waals surface area (Å²) in [6.07, 6.45) is 0. The molecule has 0 atom stereocenters. The van der Waals surface area contributed by atoms with Gasteiger partial charge in [0, 0.05) is 5.56 Å². The number of rotatable bonds is 5. The first kappa shape index (κ1) is 17.0. The summed E-state index contributed by atoms with van der Waals surface area (Å²) in [5, 5.41) is 0. The lowest BCUT2D eigenvalue weighted by Gasteiger charge is -2.13. The van der Waals surface area contributed by atoms with Gasteiger partial charge in [-0.2, -0.15) is 21.6 Å². The highest BCUT2D eigenvalue weighted by molar-refractivity contribution is 7.88. The predicted octanol–water partition coefficient (Wildman–Crippen LogP) is 1.60. The van der Waals surface area contributed by atoms with Crippen molar-refractivity contribution in [2.24, 2.45) is 0 Å². The topological polar surface area (TPSA) is 71.1 Å². The molecule has 0 spiro atoms. The van der Waals surface area contributed by atoms with E-state index < -0.39 is 41.1 Å². The summed E-state index contributed by atoms with van der Waals surface area (Å²) >= 11 is 0. The van der Waals surface area contributed by atoms with E-state index in [1.807, 2.05) is 0 Å². The lowest BCUT2D eigenvalue weighted by atomic mass is 10.2. The van der Waals surface area contributed by atoms with Gasteiger partial charge in [-0.25, -0.2) is 4.39 Å². The van der Waals surface area contributed by atoms with Crippen LogP contribution in [0.15, 0.2) is 18.2 Å². The Labute approximate surface area is 123 Å². The molecule has 1 aromatic carbocycles. The molecule has 1 saturated heterocycles. The molecule has 0 radical (unpaired) electrons. The average Bonchev–Trinajstić information content (AvgIpc) is 2.90. The lowest BCUT2D eigenvalue weighted by molar-refractivity contribution is -0.0500. The Hall–Kier alpha value is -1.37. The van der Waals surface area contributed by atoms with E-state index >= 15 is 0 Å². The van der Waals surface area contributed by atoms with Crippen LogP contribution in [0.3, 0.4) is 0 Å². The molecule has 12 heteroatoms. The molecular weight excluding hydrogens is 335 g/mol. The zero-order valence-corrected chi connectivity index (χ0v) is 11.6. The first-order valence-electron chi connectivity index (χ1n) is 5.83. The van der Waals surface area contributed by atoms with E-state index in [9.17, 15) is 26.0 Å². The minimum absolute atomic E-state index is 0.244. The van der Waals surface area contributed by atoms with Crippen LogP contribution < -0.4 is 4.18 Å². The Morgan fingerprint density at radius 1 is 1.23 bits per heavy atom. The maximum atomic E-state index is 13.2. The van der Waals surface area contributed by atoms with E-state index in [2.05, 4.69) is 4.18 Å². The van der Waals surface area contributed by atoms with E-state index in [0.717, 1.165) is 18.2 Å². The second kappa shape index (κ2) is 6.40. The van der Waals surface area contributed by atoms with Crippen molar-refractivity contribution in [3.8, 4) is 5.75 Å². The first-order chi connectivity index (χ1) is 10.2. The molecule has 2 rings (SSSR count). The molecule has 22 heavy (non-hydrogen) atoms. The van der Waals surface area contributed by atoms with Gasteiger partial charge in [0.25, 0.3) is 0 Å². The molecule has 6 nitrogen and oxygen atoms in total. The van der Waals surface area contributed by atoms with Crippen LogP contribution in [0, 0.1) is 5.82 Å². The van der Waals surface area contributed by atoms with Gasteiger partial charge in [-0.1, -0.05) is 0 Å². The number of hydrogen-bond donors (Lipinski definition) is 0. The van der Waals surface area contributed by atoms with E-state index in [4.69, 9.17) is 14.0 Å². The standard InChI is InChI=1S/C10H9BF4O6S/c12-8-1-2-9(21-22(16,17)10(13,14)15)7(5-8)6-20-11-18-3-4-19-11/h1-2,5H,3-4,6H2. The zero-order valence-electron chi connectivity index (χ0n) is 10.8. The molecule has 1 aliphatic rings. The molecule has 0 unspecified atom stereocenters. The van der Waals surface area contributed by atoms with Gasteiger partial charge in [0.15, 0.2) is 0 Å². The Morgan fingerprint density at radius 2 is 1.86 bits per heavy atom. The molecular formula is C10H9BF4O6S. The van der Waals surface area contributed by atoms with Gasteiger partial charge in [-0.15, -0.1) is 0 Å². The summed E-state index contributed by atoms with van der Waals surface area (Å²) in [7, 11) is -6.92. The van der Waals surface area contributed by atoms with Crippen molar-refractivity contribution in [3.63, 3.8) is 0 Å². The SMILES string of the molecule is O=S(=O)(Oc1ccc(F)cc1COB1OCCO1)C(F)(F)F. The Balaban J connectivity index is 2.16. The summed E-state index contributed by atoms with van der Waals surface area (Å²) in [4.78, 5) is 0. The third-order valence-electron chi connectivity index (χ3n) is 2.47. The first-order valence-corrected chi connectivity index (χ1v) is 7.24. The fourth-order valence-electron chi connectivity index (χ4n) is 1.50. The summed E-state index contributed by atoms with van der Waals surface area (Å²) in [5.41, 5.74) is -5.84. The number of alkyl halides is 3. The fraction of sp³-hybridized carbons (Fsp3) is 0.400. The smallest absolute Gasteiger partial charge is 0.384 e. The Kier molecular flexibility index (Phi) is 4.95. The van der Waals surface area contributed by atoms with Crippen LogP contribution >= 0.6 is 0 Å². The monoisotopic (exact) mass is 344 g/mol. The molecule has 0 aliphatic carbocycles. The number of hydrogen-bond acceptors (Lipinski definition) is 6. The van der Waals surface area contributed by atoms with Gasteiger partial charge in [0.2, 0.25) is 0 Å². The quantitative estimate of drug-likeness (QED) is 0.350. The Bertz CT molecular complexity index is 629. The largest absolute Gasteiger partial charge is 0.639 e. The van der Waals surface area contributed by atoms with Crippen LogP contribution in [0.5, 0.6) is 5.75 Å². The normalized spacial score (nSPS) is 16.1. The van der Waals surface area contributed by atoms with E-state index in [1.165, 1.54) is 0 Å². The van der Waals surface area contributed by atoms with Gasteiger partial charge >= 0.3 is 22.9 Å². The summed E-state index contributed by atoms with van der Waals surface area (Å²) < 4.78 is 90.9. The molecule has 0 amide bonds. The summed E-state index contributed by atoms with van der Waals surface area (Å²) in [5.74, 6) is -1.50. The molecule has 1 heterocycles. The fourth-order valence-corrected chi connectivity index (χ4v) is 1.99. The van der Waals surface area contributed by atoms with Crippen molar-refractivity contribution in [1.29, 1.82) is 0 Å². The predicted molar refractivity (Wildman–Crippen MR) is 64.4 cm³/mol. The van der Waals surface area contributed by atoms with E-state index in [0.29, 0.717) is 0 Å². The highest BCUT2D eigenvalue weighted by Crippen LogP contribution is 2.29. The van der Waals surface area contributed by atoms with Crippen molar-refractivity contribution < 1.29 is 44.1 Å². The third-order valence-corrected chi connectivity index (χ3v) is 3.44. The maximum absolute atomic E-state index is 13.2. The van der Waals surface area contributed by atoms with Crippen LogP contribution in [-0.4, -0.2) is 34.5 Å². The highest BCUT2D eigenvalue weighted by Gasteiger charge is 2.48. The van der Waals surface area contributed by atoms with Crippen LogP contribution in [0.4, 0.5) is 17.6 Å². The lowest BCUT2D eigenvalue weighted by Crippen LogP contribution is -2.28. The molecule has 1 aliphatic heterocycles. The van der Waals surface area contributed by atoms with Crippen molar-refractivity contribution in [2.75, 3.05) is 13.2 Å². The average molecular weight is 344 g/mol. The van der Waals surface area contributed by atoms with Crippen molar-refractivity contribution in [1.82, 2.24) is 0 Å². The van der Waals surface area contributed by atoms with Gasteiger partial charge in [0.1, 0.15) is 11.6 Å². The molecule has 0 bridgehead atoms. The summed E-state index contributed by atoms with van der Waals surface area (Å²) in [6, 6.07) is 2.30.